The molecule has 1 atom stereocenters. The van der Waals surface area contributed by atoms with Gasteiger partial charge in [0.05, 0.1) is 12.6 Å². The Labute approximate surface area is 132 Å². The van der Waals surface area contributed by atoms with Crippen LogP contribution in [0, 0.1) is 5.41 Å². The number of carboxylic acid groups (broad SMARTS) is 1. The molecule has 1 aliphatic heterocycles. The van der Waals surface area contributed by atoms with Crippen LogP contribution in [0.3, 0.4) is 0 Å². The zero-order valence-corrected chi connectivity index (χ0v) is 13.6. The van der Waals surface area contributed by atoms with Crippen LogP contribution >= 0.6 is 0 Å². The molecule has 1 aromatic carbocycles. The SMILES string of the molecule is CC(C)(C)C1CN(Cc2ccc(CO)cc2)CCN1C(=O)O. The van der Waals surface area contributed by atoms with Crippen molar-refractivity contribution in [3.8, 4) is 0 Å². The fraction of sp³-hybridized carbons (Fsp3) is 0.588. The summed E-state index contributed by atoms with van der Waals surface area (Å²) < 4.78 is 0. The van der Waals surface area contributed by atoms with Crippen molar-refractivity contribution < 1.29 is 15.0 Å². The van der Waals surface area contributed by atoms with Gasteiger partial charge in [-0.1, -0.05) is 45.0 Å². The number of aliphatic hydroxyl groups is 1. The van der Waals surface area contributed by atoms with Gasteiger partial charge in [-0.3, -0.25) is 4.90 Å². The zero-order valence-electron chi connectivity index (χ0n) is 13.6. The summed E-state index contributed by atoms with van der Waals surface area (Å²) in [5.74, 6) is 0. The molecule has 1 fully saturated rings. The number of rotatable bonds is 3. The van der Waals surface area contributed by atoms with Crippen LogP contribution in [0.4, 0.5) is 4.79 Å². The van der Waals surface area contributed by atoms with E-state index < -0.39 is 6.09 Å². The van der Waals surface area contributed by atoms with E-state index in [2.05, 4.69) is 25.7 Å². The highest BCUT2D eigenvalue weighted by Gasteiger charge is 2.37. The first-order chi connectivity index (χ1) is 10.3. The lowest BCUT2D eigenvalue weighted by atomic mass is 9.84. The van der Waals surface area contributed by atoms with Crippen molar-refractivity contribution in [2.24, 2.45) is 5.41 Å². The summed E-state index contributed by atoms with van der Waals surface area (Å²) in [5.41, 5.74) is 2.01. The van der Waals surface area contributed by atoms with Crippen LogP contribution < -0.4 is 0 Å². The highest BCUT2D eigenvalue weighted by molar-refractivity contribution is 5.65. The van der Waals surface area contributed by atoms with Crippen molar-refractivity contribution in [3.63, 3.8) is 0 Å². The molecule has 122 valence electrons. The normalized spacial score (nSPS) is 20.2. The minimum Gasteiger partial charge on any atom is -0.465 e. The topological polar surface area (TPSA) is 64.0 Å². The average Bonchev–Trinajstić information content (AvgIpc) is 2.47. The molecule has 5 nitrogen and oxygen atoms in total. The summed E-state index contributed by atoms with van der Waals surface area (Å²) in [6.07, 6.45) is -0.827. The Balaban J connectivity index is 2.05. The van der Waals surface area contributed by atoms with E-state index in [9.17, 15) is 9.90 Å². The zero-order chi connectivity index (χ0) is 16.3. The lowest BCUT2D eigenvalue weighted by Crippen LogP contribution is -2.59. The van der Waals surface area contributed by atoms with Gasteiger partial charge in [-0.25, -0.2) is 4.79 Å². The van der Waals surface area contributed by atoms with Gasteiger partial charge in [-0.05, 0) is 16.5 Å². The van der Waals surface area contributed by atoms with Crippen molar-refractivity contribution in [1.82, 2.24) is 9.80 Å². The second-order valence-corrected chi connectivity index (χ2v) is 7.07. The molecular formula is C17H26N2O3. The van der Waals surface area contributed by atoms with E-state index in [1.165, 1.54) is 5.56 Å². The molecule has 2 N–H and O–H groups in total. The molecule has 1 aliphatic rings. The molecule has 0 aromatic heterocycles. The van der Waals surface area contributed by atoms with Crippen LogP contribution in [-0.2, 0) is 13.2 Å². The third-order valence-corrected chi connectivity index (χ3v) is 4.32. The van der Waals surface area contributed by atoms with Crippen molar-refractivity contribution >= 4 is 6.09 Å². The Morgan fingerprint density at radius 1 is 1.18 bits per heavy atom. The highest BCUT2D eigenvalue weighted by atomic mass is 16.4. The van der Waals surface area contributed by atoms with Crippen LogP contribution in [0.5, 0.6) is 0 Å². The second-order valence-electron chi connectivity index (χ2n) is 7.07. The molecule has 1 saturated heterocycles. The number of benzene rings is 1. The molecule has 0 radical (unpaired) electrons. The van der Waals surface area contributed by atoms with Crippen LogP contribution in [0.2, 0.25) is 0 Å². The minimum absolute atomic E-state index is 0.00420. The molecular weight excluding hydrogens is 280 g/mol. The van der Waals surface area contributed by atoms with Crippen molar-refractivity contribution in [2.75, 3.05) is 19.6 Å². The van der Waals surface area contributed by atoms with Crippen molar-refractivity contribution in [3.05, 3.63) is 35.4 Å². The number of hydrogen-bond acceptors (Lipinski definition) is 3. The summed E-state index contributed by atoms with van der Waals surface area (Å²) in [6.45, 7) is 9.19. The Kier molecular flexibility index (Phi) is 5.08. The lowest BCUT2D eigenvalue weighted by molar-refractivity contribution is 0.0190. The molecule has 2 rings (SSSR count). The molecule has 0 spiro atoms. The smallest absolute Gasteiger partial charge is 0.407 e. The number of carbonyl (C=O) groups is 1. The van der Waals surface area contributed by atoms with E-state index in [1.807, 2.05) is 24.3 Å². The molecule has 0 bridgehead atoms. The fourth-order valence-electron chi connectivity index (χ4n) is 2.96. The third kappa shape index (κ3) is 3.99. The monoisotopic (exact) mass is 306 g/mol. The molecule has 1 aromatic rings. The molecule has 22 heavy (non-hydrogen) atoms. The van der Waals surface area contributed by atoms with E-state index in [0.717, 1.165) is 25.2 Å². The largest absolute Gasteiger partial charge is 0.465 e. The van der Waals surface area contributed by atoms with Crippen molar-refractivity contribution in [2.45, 2.75) is 40.0 Å². The lowest BCUT2D eigenvalue weighted by Gasteiger charge is -2.46. The predicted octanol–water partition coefficient (Wildman–Crippen LogP) is 2.39. The van der Waals surface area contributed by atoms with Gasteiger partial charge in [0.15, 0.2) is 0 Å². The first kappa shape index (κ1) is 16.8. The van der Waals surface area contributed by atoms with E-state index in [4.69, 9.17) is 5.11 Å². The van der Waals surface area contributed by atoms with Gasteiger partial charge in [0.1, 0.15) is 0 Å². The Bertz CT molecular complexity index is 508. The minimum atomic E-state index is -0.827. The Morgan fingerprint density at radius 3 is 2.27 bits per heavy atom. The van der Waals surface area contributed by atoms with Gasteiger partial charge in [-0.2, -0.15) is 0 Å². The van der Waals surface area contributed by atoms with Gasteiger partial charge < -0.3 is 15.1 Å². The molecule has 1 amide bonds. The van der Waals surface area contributed by atoms with E-state index in [-0.39, 0.29) is 18.1 Å². The summed E-state index contributed by atoms with van der Waals surface area (Å²) in [4.78, 5) is 15.3. The van der Waals surface area contributed by atoms with Crippen LogP contribution in [0.15, 0.2) is 24.3 Å². The maximum Gasteiger partial charge on any atom is 0.407 e. The van der Waals surface area contributed by atoms with Crippen LogP contribution in [0.25, 0.3) is 0 Å². The van der Waals surface area contributed by atoms with Crippen LogP contribution in [0.1, 0.15) is 31.9 Å². The van der Waals surface area contributed by atoms with Gasteiger partial charge in [-0.15, -0.1) is 0 Å². The number of hydrogen-bond donors (Lipinski definition) is 2. The second kappa shape index (κ2) is 6.67. The Hall–Kier alpha value is -1.59. The summed E-state index contributed by atoms with van der Waals surface area (Å²) in [7, 11) is 0. The third-order valence-electron chi connectivity index (χ3n) is 4.32. The predicted molar refractivity (Wildman–Crippen MR) is 85.6 cm³/mol. The molecule has 1 unspecified atom stereocenters. The summed E-state index contributed by atoms with van der Waals surface area (Å²) in [5, 5.41) is 18.5. The van der Waals surface area contributed by atoms with Gasteiger partial charge in [0, 0.05) is 26.2 Å². The number of nitrogens with zero attached hydrogens (tertiary/aromatic N) is 2. The standard InChI is InChI=1S/C17H26N2O3/c1-17(2,3)15-11-18(8-9-19(15)16(21)22)10-13-4-6-14(12-20)7-5-13/h4-7,15,20H,8-12H2,1-3H3,(H,21,22). The molecule has 5 heteroatoms. The van der Waals surface area contributed by atoms with Crippen molar-refractivity contribution in [1.29, 1.82) is 0 Å². The first-order valence-electron chi connectivity index (χ1n) is 7.72. The summed E-state index contributed by atoms with van der Waals surface area (Å²) in [6, 6.07) is 7.92. The van der Waals surface area contributed by atoms with Gasteiger partial charge in [0.25, 0.3) is 0 Å². The Morgan fingerprint density at radius 2 is 1.77 bits per heavy atom. The number of amides is 1. The van der Waals surface area contributed by atoms with E-state index in [0.29, 0.717) is 6.54 Å². The average molecular weight is 306 g/mol. The van der Waals surface area contributed by atoms with Crippen LogP contribution in [-0.4, -0.2) is 51.8 Å². The molecule has 0 aliphatic carbocycles. The van der Waals surface area contributed by atoms with E-state index in [1.54, 1.807) is 4.90 Å². The molecule has 0 saturated carbocycles. The van der Waals surface area contributed by atoms with E-state index >= 15 is 0 Å². The molecule has 1 heterocycles. The maximum atomic E-state index is 11.4. The van der Waals surface area contributed by atoms with Gasteiger partial charge in [0.2, 0.25) is 0 Å². The summed E-state index contributed by atoms with van der Waals surface area (Å²) >= 11 is 0. The highest BCUT2D eigenvalue weighted by Crippen LogP contribution is 2.28. The number of piperazine rings is 1. The van der Waals surface area contributed by atoms with Gasteiger partial charge >= 0.3 is 6.09 Å². The first-order valence-corrected chi connectivity index (χ1v) is 7.72. The number of aliphatic hydroxyl groups excluding tert-OH is 1. The quantitative estimate of drug-likeness (QED) is 0.900. The maximum absolute atomic E-state index is 11.4. The fourth-order valence-corrected chi connectivity index (χ4v) is 2.96.